The molecule has 0 spiro atoms. The van der Waals surface area contributed by atoms with Crippen LogP contribution in [0.4, 0.5) is 0 Å². The van der Waals surface area contributed by atoms with Crippen molar-refractivity contribution in [1.82, 2.24) is 0 Å². The Kier molecular flexibility index (Phi) is 4.38. The molecule has 0 aliphatic carbocycles. The Labute approximate surface area is 103 Å². The summed E-state index contributed by atoms with van der Waals surface area (Å²) in [4.78, 5) is 11.2. The SMILES string of the molecule is CC(C)C(Oc1ccccc1I)C(N)=O. The van der Waals surface area contributed by atoms with Crippen LogP contribution in [0, 0.1) is 9.49 Å². The van der Waals surface area contributed by atoms with E-state index in [0.29, 0.717) is 5.75 Å². The van der Waals surface area contributed by atoms with E-state index in [9.17, 15) is 4.79 Å². The van der Waals surface area contributed by atoms with E-state index in [-0.39, 0.29) is 5.92 Å². The normalized spacial score (nSPS) is 12.5. The lowest BCUT2D eigenvalue weighted by molar-refractivity contribution is -0.126. The molecule has 4 heteroatoms. The molecule has 0 saturated carbocycles. The molecule has 0 heterocycles. The third-order valence-electron chi connectivity index (χ3n) is 1.98. The van der Waals surface area contributed by atoms with Gasteiger partial charge in [-0.2, -0.15) is 0 Å². The van der Waals surface area contributed by atoms with Crippen molar-refractivity contribution in [3.63, 3.8) is 0 Å². The average molecular weight is 319 g/mol. The number of carbonyl (C=O) groups is 1. The highest BCUT2D eigenvalue weighted by Gasteiger charge is 2.21. The maximum absolute atomic E-state index is 11.2. The number of para-hydroxylation sites is 1. The molecule has 82 valence electrons. The zero-order valence-electron chi connectivity index (χ0n) is 8.74. The van der Waals surface area contributed by atoms with Crippen LogP contribution in [0.15, 0.2) is 24.3 Å². The summed E-state index contributed by atoms with van der Waals surface area (Å²) >= 11 is 2.16. The number of ether oxygens (including phenoxy) is 1. The minimum Gasteiger partial charge on any atom is -0.479 e. The first-order valence-corrected chi connectivity index (χ1v) is 5.80. The van der Waals surface area contributed by atoms with Crippen LogP contribution in [0.1, 0.15) is 13.8 Å². The molecule has 15 heavy (non-hydrogen) atoms. The van der Waals surface area contributed by atoms with Gasteiger partial charge in [0.15, 0.2) is 6.10 Å². The Morgan fingerprint density at radius 3 is 2.47 bits per heavy atom. The fourth-order valence-electron chi connectivity index (χ4n) is 1.20. The van der Waals surface area contributed by atoms with Crippen molar-refractivity contribution < 1.29 is 9.53 Å². The third-order valence-corrected chi connectivity index (χ3v) is 2.87. The lowest BCUT2D eigenvalue weighted by Gasteiger charge is -2.19. The summed E-state index contributed by atoms with van der Waals surface area (Å²) in [5.74, 6) is 0.346. The molecule has 3 nitrogen and oxygen atoms in total. The number of nitrogens with two attached hydrogens (primary N) is 1. The molecular weight excluding hydrogens is 305 g/mol. The number of hydrogen-bond donors (Lipinski definition) is 1. The van der Waals surface area contributed by atoms with Crippen molar-refractivity contribution in [2.24, 2.45) is 11.7 Å². The van der Waals surface area contributed by atoms with Gasteiger partial charge in [-0.1, -0.05) is 26.0 Å². The topological polar surface area (TPSA) is 52.3 Å². The maximum Gasteiger partial charge on any atom is 0.258 e. The fraction of sp³-hybridized carbons (Fsp3) is 0.364. The van der Waals surface area contributed by atoms with Crippen LogP contribution < -0.4 is 10.5 Å². The van der Waals surface area contributed by atoms with Crippen molar-refractivity contribution in [2.45, 2.75) is 20.0 Å². The van der Waals surface area contributed by atoms with Gasteiger partial charge in [0.1, 0.15) is 5.75 Å². The van der Waals surface area contributed by atoms with Gasteiger partial charge in [0.25, 0.3) is 5.91 Å². The van der Waals surface area contributed by atoms with E-state index >= 15 is 0 Å². The number of primary amides is 1. The summed E-state index contributed by atoms with van der Waals surface area (Å²) in [5, 5.41) is 0. The molecule has 0 aliphatic rings. The number of rotatable bonds is 4. The third kappa shape index (κ3) is 3.37. The van der Waals surface area contributed by atoms with E-state index in [1.165, 1.54) is 0 Å². The zero-order valence-corrected chi connectivity index (χ0v) is 10.9. The Hall–Kier alpha value is -0.780. The van der Waals surface area contributed by atoms with Crippen LogP contribution in [0.5, 0.6) is 5.75 Å². The Balaban J connectivity index is 2.84. The van der Waals surface area contributed by atoms with Crippen molar-refractivity contribution in [2.75, 3.05) is 0 Å². The van der Waals surface area contributed by atoms with E-state index in [1.54, 1.807) is 0 Å². The van der Waals surface area contributed by atoms with Gasteiger partial charge in [-0.25, -0.2) is 0 Å². The fourth-order valence-corrected chi connectivity index (χ4v) is 1.71. The van der Waals surface area contributed by atoms with Gasteiger partial charge in [0.05, 0.1) is 3.57 Å². The second-order valence-electron chi connectivity index (χ2n) is 3.62. The number of hydrogen-bond acceptors (Lipinski definition) is 2. The minimum absolute atomic E-state index is 0.0681. The molecule has 1 aromatic carbocycles. The van der Waals surface area contributed by atoms with Gasteiger partial charge in [-0.05, 0) is 40.6 Å². The molecule has 0 saturated heterocycles. The Morgan fingerprint density at radius 1 is 1.40 bits per heavy atom. The van der Waals surface area contributed by atoms with E-state index < -0.39 is 12.0 Å². The number of carbonyl (C=O) groups excluding carboxylic acids is 1. The van der Waals surface area contributed by atoms with Crippen LogP contribution in [-0.2, 0) is 4.79 Å². The Bertz CT molecular complexity index is 352. The van der Waals surface area contributed by atoms with Gasteiger partial charge >= 0.3 is 0 Å². The lowest BCUT2D eigenvalue weighted by atomic mass is 10.1. The van der Waals surface area contributed by atoms with Crippen molar-refractivity contribution in [1.29, 1.82) is 0 Å². The predicted octanol–water partition coefficient (Wildman–Crippen LogP) is 2.18. The summed E-state index contributed by atoms with van der Waals surface area (Å²) in [6, 6.07) is 7.55. The van der Waals surface area contributed by atoms with E-state index in [4.69, 9.17) is 10.5 Å². The van der Waals surface area contributed by atoms with E-state index in [2.05, 4.69) is 22.6 Å². The van der Waals surface area contributed by atoms with Gasteiger partial charge in [-0.15, -0.1) is 0 Å². The molecule has 1 aromatic rings. The summed E-state index contributed by atoms with van der Waals surface area (Å²) in [6.45, 7) is 3.82. The van der Waals surface area contributed by atoms with Crippen molar-refractivity contribution >= 4 is 28.5 Å². The quantitative estimate of drug-likeness (QED) is 0.865. The second kappa shape index (κ2) is 5.34. The molecule has 0 radical (unpaired) electrons. The minimum atomic E-state index is -0.569. The molecule has 0 aromatic heterocycles. The summed E-state index contributed by atoms with van der Waals surface area (Å²) in [5.41, 5.74) is 5.27. The molecule has 0 fully saturated rings. The molecule has 1 amide bonds. The largest absolute Gasteiger partial charge is 0.479 e. The molecule has 0 aliphatic heterocycles. The van der Waals surface area contributed by atoms with Crippen molar-refractivity contribution in [3.05, 3.63) is 27.8 Å². The second-order valence-corrected chi connectivity index (χ2v) is 4.78. The highest BCUT2D eigenvalue weighted by molar-refractivity contribution is 14.1. The van der Waals surface area contributed by atoms with Crippen LogP contribution in [0.3, 0.4) is 0 Å². The van der Waals surface area contributed by atoms with Crippen LogP contribution in [-0.4, -0.2) is 12.0 Å². The highest BCUT2D eigenvalue weighted by atomic mass is 127. The van der Waals surface area contributed by atoms with Crippen LogP contribution in [0.2, 0.25) is 0 Å². The molecule has 1 unspecified atom stereocenters. The van der Waals surface area contributed by atoms with Gasteiger partial charge in [-0.3, -0.25) is 4.79 Å². The van der Waals surface area contributed by atoms with Crippen molar-refractivity contribution in [3.8, 4) is 5.75 Å². The van der Waals surface area contributed by atoms with Gasteiger partial charge in [0.2, 0.25) is 0 Å². The molecule has 0 bridgehead atoms. The Morgan fingerprint density at radius 2 is 2.00 bits per heavy atom. The van der Waals surface area contributed by atoms with E-state index in [0.717, 1.165) is 3.57 Å². The standard InChI is InChI=1S/C11H14INO2/c1-7(2)10(11(13)14)15-9-6-4-3-5-8(9)12/h3-7,10H,1-2H3,(H2,13,14). The number of amides is 1. The van der Waals surface area contributed by atoms with Crippen LogP contribution in [0.25, 0.3) is 0 Å². The first-order chi connectivity index (χ1) is 7.02. The number of benzene rings is 1. The molecule has 2 N–H and O–H groups in total. The van der Waals surface area contributed by atoms with Gasteiger partial charge in [0, 0.05) is 0 Å². The zero-order chi connectivity index (χ0) is 11.4. The first-order valence-electron chi connectivity index (χ1n) is 4.73. The molecule has 1 atom stereocenters. The van der Waals surface area contributed by atoms with Crippen LogP contribution >= 0.6 is 22.6 Å². The monoisotopic (exact) mass is 319 g/mol. The van der Waals surface area contributed by atoms with Gasteiger partial charge < -0.3 is 10.5 Å². The summed E-state index contributed by atoms with van der Waals surface area (Å²) in [7, 11) is 0. The first kappa shape index (κ1) is 12.3. The average Bonchev–Trinajstić information content (AvgIpc) is 2.15. The van der Waals surface area contributed by atoms with E-state index in [1.807, 2.05) is 38.1 Å². The predicted molar refractivity (Wildman–Crippen MR) is 67.6 cm³/mol. The summed E-state index contributed by atoms with van der Waals surface area (Å²) < 4.78 is 6.56. The number of halogens is 1. The maximum atomic E-state index is 11.2. The molecular formula is C11H14INO2. The highest BCUT2D eigenvalue weighted by Crippen LogP contribution is 2.22. The molecule has 1 rings (SSSR count). The lowest BCUT2D eigenvalue weighted by Crippen LogP contribution is -2.38. The summed E-state index contributed by atoms with van der Waals surface area (Å²) in [6.07, 6.45) is -0.569. The smallest absolute Gasteiger partial charge is 0.258 e.